The lowest BCUT2D eigenvalue weighted by atomic mass is 10.2. The van der Waals surface area contributed by atoms with Gasteiger partial charge in [-0.1, -0.05) is 48.6 Å². The predicted molar refractivity (Wildman–Crippen MR) is 106 cm³/mol. The van der Waals surface area contributed by atoms with Crippen molar-refractivity contribution >= 4 is 5.91 Å². The molecule has 0 heterocycles. The molecule has 0 aromatic rings. The van der Waals surface area contributed by atoms with Gasteiger partial charge in [0.2, 0.25) is 5.91 Å². The quantitative estimate of drug-likeness (QED) is 0.324. The van der Waals surface area contributed by atoms with Crippen LogP contribution in [-0.4, -0.2) is 23.7 Å². The topological polar surface area (TPSA) is 49.3 Å². The summed E-state index contributed by atoms with van der Waals surface area (Å²) in [4.78, 5) is 11.5. The van der Waals surface area contributed by atoms with E-state index in [1.165, 1.54) is 0 Å². The number of aliphatic hydroxyl groups is 1. The van der Waals surface area contributed by atoms with Crippen LogP contribution in [0.15, 0.2) is 48.6 Å². The highest BCUT2D eigenvalue weighted by molar-refractivity contribution is 5.76. The van der Waals surface area contributed by atoms with E-state index < -0.39 is 0 Å². The highest BCUT2D eigenvalue weighted by Crippen LogP contribution is 2.18. The lowest BCUT2D eigenvalue weighted by Crippen LogP contribution is -2.24. The van der Waals surface area contributed by atoms with Crippen LogP contribution >= 0.6 is 0 Å². The average Bonchev–Trinajstić information content (AvgIpc) is 3.41. The molecule has 0 atom stereocenters. The zero-order chi connectivity index (χ0) is 18.0. The summed E-state index contributed by atoms with van der Waals surface area (Å²) in [5.74, 6) is 0.211. The van der Waals surface area contributed by atoms with E-state index in [0.717, 1.165) is 64.2 Å². The summed E-state index contributed by atoms with van der Waals surface area (Å²) in [6.45, 7) is 0.298. The first-order chi connectivity index (χ1) is 12.3. The SMILES string of the molecule is O=C(CCC/C=C\C/C=C\C/C=C\C/C=C\CCCCO)NC1CC1. The van der Waals surface area contributed by atoms with E-state index in [4.69, 9.17) is 5.11 Å². The van der Waals surface area contributed by atoms with Gasteiger partial charge in [-0.3, -0.25) is 4.79 Å². The molecule has 1 fully saturated rings. The Morgan fingerprint density at radius 1 is 0.800 bits per heavy atom. The van der Waals surface area contributed by atoms with Gasteiger partial charge in [-0.25, -0.2) is 0 Å². The van der Waals surface area contributed by atoms with Crippen molar-refractivity contribution in [1.82, 2.24) is 5.32 Å². The molecule has 1 saturated carbocycles. The van der Waals surface area contributed by atoms with E-state index in [0.29, 0.717) is 19.1 Å². The normalized spacial score (nSPS) is 15.2. The summed E-state index contributed by atoms with van der Waals surface area (Å²) in [5, 5.41) is 11.7. The number of carbonyl (C=O) groups is 1. The third-order valence-electron chi connectivity index (χ3n) is 3.98. The zero-order valence-corrected chi connectivity index (χ0v) is 15.5. The summed E-state index contributed by atoms with van der Waals surface area (Å²) >= 11 is 0. The smallest absolute Gasteiger partial charge is 0.220 e. The second-order valence-electron chi connectivity index (χ2n) is 6.55. The van der Waals surface area contributed by atoms with E-state index in [1.54, 1.807) is 0 Å². The van der Waals surface area contributed by atoms with Crippen molar-refractivity contribution in [3.05, 3.63) is 48.6 Å². The molecule has 1 aliphatic carbocycles. The van der Waals surface area contributed by atoms with Crippen molar-refractivity contribution in [1.29, 1.82) is 0 Å². The fraction of sp³-hybridized carbons (Fsp3) is 0.591. The Morgan fingerprint density at radius 2 is 1.32 bits per heavy atom. The number of rotatable bonds is 15. The minimum absolute atomic E-state index is 0.211. The third kappa shape index (κ3) is 15.6. The maximum Gasteiger partial charge on any atom is 0.220 e. The zero-order valence-electron chi connectivity index (χ0n) is 15.5. The van der Waals surface area contributed by atoms with Crippen LogP contribution in [0, 0.1) is 0 Å². The molecule has 0 unspecified atom stereocenters. The van der Waals surface area contributed by atoms with E-state index in [9.17, 15) is 4.79 Å². The van der Waals surface area contributed by atoms with Gasteiger partial charge in [0, 0.05) is 19.1 Å². The molecule has 3 heteroatoms. The molecule has 25 heavy (non-hydrogen) atoms. The van der Waals surface area contributed by atoms with Crippen LogP contribution in [0.3, 0.4) is 0 Å². The second-order valence-corrected chi connectivity index (χ2v) is 6.55. The number of carbonyl (C=O) groups excluding carboxylic acids is 1. The van der Waals surface area contributed by atoms with Crippen LogP contribution in [0.25, 0.3) is 0 Å². The van der Waals surface area contributed by atoms with Crippen LogP contribution in [0.5, 0.6) is 0 Å². The van der Waals surface area contributed by atoms with Crippen LogP contribution in [-0.2, 0) is 4.79 Å². The van der Waals surface area contributed by atoms with Gasteiger partial charge in [-0.2, -0.15) is 0 Å². The van der Waals surface area contributed by atoms with E-state index in [1.807, 2.05) is 0 Å². The largest absolute Gasteiger partial charge is 0.396 e. The summed E-state index contributed by atoms with van der Waals surface area (Å²) in [5.41, 5.74) is 0. The second kappa shape index (κ2) is 15.9. The van der Waals surface area contributed by atoms with Crippen molar-refractivity contribution in [2.45, 2.75) is 76.7 Å². The van der Waals surface area contributed by atoms with Crippen LogP contribution in [0.1, 0.15) is 70.6 Å². The molecule has 0 radical (unpaired) electrons. The summed E-state index contributed by atoms with van der Waals surface area (Å²) < 4.78 is 0. The molecule has 1 aliphatic rings. The summed E-state index contributed by atoms with van der Waals surface area (Å²) in [7, 11) is 0. The maximum absolute atomic E-state index is 11.5. The molecular formula is C22H35NO2. The first-order valence-electron chi connectivity index (χ1n) is 9.83. The minimum atomic E-state index is 0.211. The first-order valence-corrected chi connectivity index (χ1v) is 9.83. The van der Waals surface area contributed by atoms with E-state index >= 15 is 0 Å². The lowest BCUT2D eigenvalue weighted by Gasteiger charge is -2.00. The Morgan fingerprint density at radius 3 is 1.84 bits per heavy atom. The molecule has 0 aromatic carbocycles. The van der Waals surface area contributed by atoms with E-state index in [2.05, 4.69) is 53.9 Å². The van der Waals surface area contributed by atoms with Gasteiger partial charge in [-0.05, 0) is 64.2 Å². The number of unbranched alkanes of at least 4 members (excludes halogenated alkanes) is 3. The van der Waals surface area contributed by atoms with Gasteiger partial charge >= 0.3 is 0 Å². The molecule has 0 aliphatic heterocycles. The Kier molecular flexibility index (Phi) is 13.6. The fourth-order valence-corrected chi connectivity index (χ4v) is 2.33. The number of aliphatic hydroxyl groups excluding tert-OH is 1. The first kappa shape index (κ1) is 21.4. The third-order valence-corrected chi connectivity index (χ3v) is 3.98. The van der Waals surface area contributed by atoms with Gasteiger partial charge in [0.1, 0.15) is 0 Å². The Labute approximate surface area is 153 Å². The number of hydrogen-bond donors (Lipinski definition) is 2. The molecule has 140 valence electrons. The van der Waals surface area contributed by atoms with Gasteiger partial charge in [0.15, 0.2) is 0 Å². The highest BCUT2D eigenvalue weighted by Gasteiger charge is 2.22. The number of amides is 1. The summed E-state index contributed by atoms with van der Waals surface area (Å²) in [6.07, 6.45) is 28.3. The highest BCUT2D eigenvalue weighted by atomic mass is 16.2. The molecule has 1 amide bonds. The minimum Gasteiger partial charge on any atom is -0.396 e. The Hall–Kier alpha value is -1.61. The van der Waals surface area contributed by atoms with Crippen molar-refractivity contribution in [3.8, 4) is 0 Å². The van der Waals surface area contributed by atoms with E-state index in [-0.39, 0.29) is 5.91 Å². The van der Waals surface area contributed by atoms with Crippen molar-refractivity contribution in [2.75, 3.05) is 6.61 Å². The van der Waals surface area contributed by atoms with Crippen molar-refractivity contribution in [3.63, 3.8) is 0 Å². The van der Waals surface area contributed by atoms with Gasteiger partial charge in [0.25, 0.3) is 0 Å². The molecular weight excluding hydrogens is 310 g/mol. The number of nitrogens with one attached hydrogen (secondary N) is 1. The van der Waals surface area contributed by atoms with Crippen LogP contribution < -0.4 is 5.32 Å². The Bertz CT molecular complexity index is 445. The number of hydrogen-bond acceptors (Lipinski definition) is 2. The Balaban J connectivity index is 1.86. The molecule has 3 nitrogen and oxygen atoms in total. The van der Waals surface area contributed by atoms with Crippen molar-refractivity contribution in [2.24, 2.45) is 0 Å². The summed E-state index contributed by atoms with van der Waals surface area (Å²) in [6, 6.07) is 0.482. The average molecular weight is 346 g/mol. The van der Waals surface area contributed by atoms with Gasteiger partial charge < -0.3 is 10.4 Å². The molecule has 1 rings (SSSR count). The molecule has 0 spiro atoms. The molecule has 2 N–H and O–H groups in total. The molecule has 0 aromatic heterocycles. The lowest BCUT2D eigenvalue weighted by molar-refractivity contribution is -0.121. The molecule has 0 bridgehead atoms. The standard InChI is InChI=1S/C22H35NO2/c24-20-16-14-12-10-8-6-4-2-1-3-5-7-9-11-13-15-17-22(25)23-21-18-19-21/h2-5,8-11,21,24H,1,6-7,12-20H2,(H,23,25)/b4-2-,5-3-,10-8-,11-9-. The van der Waals surface area contributed by atoms with Gasteiger partial charge in [0.05, 0.1) is 0 Å². The predicted octanol–water partition coefficient (Wildman–Crippen LogP) is 4.99. The van der Waals surface area contributed by atoms with Crippen LogP contribution in [0.2, 0.25) is 0 Å². The van der Waals surface area contributed by atoms with Crippen LogP contribution in [0.4, 0.5) is 0 Å². The monoisotopic (exact) mass is 345 g/mol. The van der Waals surface area contributed by atoms with Crippen molar-refractivity contribution < 1.29 is 9.90 Å². The fourth-order valence-electron chi connectivity index (χ4n) is 2.33. The van der Waals surface area contributed by atoms with Gasteiger partial charge in [-0.15, -0.1) is 0 Å². The number of allylic oxidation sites excluding steroid dienone is 8. The molecule has 0 saturated heterocycles. The maximum atomic E-state index is 11.5.